The zero-order chi connectivity index (χ0) is 21.7. The van der Waals surface area contributed by atoms with E-state index >= 15 is 0 Å². The summed E-state index contributed by atoms with van der Waals surface area (Å²) < 4.78 is 6.17. The largest absolute Gasteiger partial charge is 0.393 e. The van der Waals surface area contributed by atoms with Crippen molar-refractivity contribution < 1.29 is 9.84 Å². The number of ether oxygens (including phenoxy) is 1. The fourth-order valence-corrected chi connectivity index (χ4v) is 8.85. The van der Waals surface area contributed by atoms with E-state index in [9.17, 15) is 5.11 Å². The third-order valence-electron chi connectivity index (χ3n) is 10.6. The molecule has 4 rings (SSSR count). The van der Waals surface area contributed by atoms with Gasteiger partial charge in [-0.05, 0) is 91.3 Å². The van der Waals surface area contributed by atoms with Crippen LogP contribution in [0.1, 0.15) is 98.8 Å². The van der Waals surface area contributed by atoms with Crippen molar-refractivity contribution in [2.45, 2.75) is 111 Å². The summed E-state index contributed by atoms with van der Waals surface area (Å²) in [5.41, 5.74) is 2.29. The summed E-state index contributed by atoms with van der Waals surface area (Å²) in [6, 6.07) is 0. The molecule has 4 aliphatic rings. The number of hydrogen-bond acceptors (Lipinski definition) is 2. The average Bonchev–Trinajstić information content (AvgIpc) is 3.05. The Morgan fingerprint density at radius 1 is 1.03 bits per heavy atom. The molecule has 3 fully saturated rings. The molecule has 1 N–H and O–H groups in total. The second kappa shape index (κ2) is 8.54. The van der Waals surface area contributed by atoms with E-state index in [-0.39, 0.29) is 12.2 Å². The molecule has 172 valence electrons. The molecule has 0 heterocycles. The van der Waals surface area contributed by atoms with Gasteiger partial charge in [-0.3, -0.25) is 0 Å². The van der Waals surface area contributed by atoms with Gasteiger partial charge >= 0.3 is 0 Å². The predicted molar refractivity (Wildman–Crippen MR) is 125 cm³/mol. The first-order chi connectivity index (χ1) is 14.2. The highest BCUT2D eigenvalue weighted by Crippen LogP contribution is 2.67. The Hall–Kier alpha value is -0.340. The topological polar surface area (TPSA) is 29.5 Å². The van der Waals surface area contributed by atoms with Gasteiger partial charge in [-0.1, -0.05) is 65.5 Å². The summed E-state index contributed by atoms with van der Waals surface area (Å²) in [6.07, 6.45) is 15.4. The van der Waals surface area contributed by atoms with Gasteiger partial charge in [0.1, 0.15) is 0 Å². The lowest BCUT2D eigenvalue weighted by atomic mass is 9.46. The van der Waals surface area contributed by atoms with Crippen molar-refractivity contribution >= 4 is 0 Å². The number of aliphatic hydroxyl groups excluding tert-OH is 1. The minimum absolute atomic E-state index is 0.144. The van der Waals surface area contributed by atoms with Gasteiger partial charge in [0.05, 0.1) is 12.2 Å². The smallest absolute Gasteiger partial charge is 0.0788 e. The van der Waals surface area contributed by atoms with Gasteiger partial charge in [0.15, 0.2) is 0 Å². The quantitative estimate of drug-likeness (QED) is 0.472. The summed E-state index contributed by atoms with van der Waals surface area (Å²) in [6.45, 7) is 12.5. The molecule has 3 saturated carbocycles. The van der Waals surface area contributed by atoms with Crippen molar-refractivity contribution in [1.82, 2.24) is 0 Å². The highest BCUT2D eigenvalue weighted by Gasteiger charge is 2.61. The van der Waals surface area contributed by atoms with Crippen molar-refractivity contribution in [2.75, 3.05) is 7.11 Å². The summed E-state index contributed by atoms with van der Waals surface area (Å²) in [5, 5.41) is 10.3. The van der Waals surface area contributed by atoms with Gasteiger partial charge in [-0.25, -0.2) is 0 Å². The van der Waals surface area contributed by atoms with Crippen LogP contribution in [0.3, 0.4) is 0 Å². The number of fused-ring (bicyclic) bond motifs is 5. The van der Waals surface area contributed by atoms with E-state index < -0.39 is 0 Å². The molecule has 30 heavy (non-hydrogen) atoms. The maximum Gasteiger partial charge on any atom is 0.0788 e. The van der Waals surface area contributed by atoms with Crippen LogP contribution in [0.15, 0.2) is 11.6 Å². The lowest BCUT2D eigenvalue weighted by molar-refractivity contribution is -0.106. The highest BCUT2D eigenvalue weighted by molar-refractivity contribution is 5.28. The van der Waals surface area contributed by atoms with Crippen molar-refractivity contribution in [3.05, 3.63) is 11.6 Å². The molecule has 9 atom stereocenters. The monoisotopic (exact) mass is 416 g/mol. The minimum Gasteiger partial charge on any atom is -0.393 e. The SMILES string of the molecule is CO[C@@H]1C=C2C[C@@H](O)CC[C@]2(C)[C@@H]2CC[C@]3(C)[C@H](CC[C@H]3[C@H](C)CCCC(C)C)[C@H]21. The van der Waals surface area contributed by atoms with E-state index in [2.05, 4.69) is 40.7 Å². The minimum atomic E-state index is -0.144. The van der Waals surface area contributed by atoms with Crippen LogP contribution in [-0.2, 0) is 4.74 Å². The molecule has 0 saturated heterocycles. The number of methoxy groups -OCH3 is 1. The Morgan fingerprint density at radius 3 is 2.50 bits per heavy atom. The van der Waals surface area contributed by atoms with Crippen LogP contribution < -0.4 is 0 Å². The van der Waals surface area contributed by atoms with Crippen LogP contribution in [0.4, 0.5) is 0 Å². The van der Waals surface area contributed by atoms with Crippen molar-refractivity contribution in [2.24, 2.45) is 46.3 Å². The van der Waals surface area contributed by atoms with E-state index in [1.807, 2.05) is 7.11 Å². The van der Waals surface area contributed by atoms with Crippen LogP contribution in [0.2, 0.25) is 0 Å². The Bertz CT molecular complexity index is 639. The summed E-state index contributed by atoms with van der Waals surface area (Å²) in [4.78, 5) is 0. The van der Waals surface area contributed by atoms with Crippen LogP contribution >= 0.6 is 0 Å². The molecular weight excluding hydrogens is 368 g/mol. The van der Waals surface area contributed by atoms with Crippen LogP contribution in [0.5, 0.6) is 0 Å². The molecule has 0 spiro atoms. The van der Waals surface area contributed by atoms with Crippen LogP contribution in [-0.4, -0.2) is 24.4 Å². The van der Waals surface area contributed by atoms with E-state index in [4.69, 9.17) is 4.74 Å². The third-order valence-corrected chi connectivity index (χ3v) is 10.6. The lowest BCUT2D eigenvalue weighted by Crippen LogP contribution is -2.55. The molecule has 0 radical (unpaired) electrons. The van der Waals surface area contributed by atoms with E-state index in [0.717, 1.165) is 48.9 Å². The zero-order valence-electron chi connectivity index (χ0n) is 20.6. The Morgan fingerprint density at radius 2 is 1.80 bits per heavy atom. The Labute approximate surface area is 186 Å². The van der Waals surface area contributed by atoms with Crippen molar-refractivity contribution in [3.8, 4) is 0 Å². The number of hydrogen-bond donors (Lipinski definition) is 1. The molecule has 2 heteroatoms. The molecule has 0 aromatic rings. The Balaban J connectivity index is 1.56. The summed E-state index contributed by atoms with van der Waals surface area (Å²) in [7, 11) is 1.92. The molecule has 0 amide bonds. The second-order valence-electron chi connectivity index (χ2n) is 12.5. The van der Waals surface area contributed by atoms with Crippen molar-refractivity contribution in [3.63, 3.8) is 0 Å². The first kappa shape index (κ1) is 22.8. The molecule has 0 unspecified atom stereocenters. The number of rotatable bonds is 6. The summed E-state index contributed by atoms with van der Waals surface area (Å²) >= 11 is 0. The normalized spacial score (nSPS) is 46.7. The third kappa shape index (κ3) is 3.72. The van der Waals surface area contributed by atoms with Crippen LogP contribution in [0.25, 0.3) is 0 Å². The van der Waals surface area contributed by atoms with E-state index in [0.29, 0.717) is 16.7 Å². The van der Waals surface area contributed by atoms with Crippen molar-refractivity contribution in [1.29, 1.82) is 0 Å². The van der Waals surface area contributed by atoms with Gasteiger partial charge < -0.3 is 9.84 Å². The summed E-state index contributed by atoms with van der Waals surface area (Å²) in [5.74, 6) is 4.79. The van der Waals surface area contributed by atoms with Gasteiger partial charge in [0.2, 0.25) is 0 Å². The first-order valence-electron chi connectivity index (χ1n) is 13.1. The van der Waals surface area contributed by atoms with E-state index in [1.54, 1.807) is 0 Å². The first-order valence-corrected chi connectivity index (χ1v) is 13.1. The molecule has 0 aromatic carbocycles. The maximum atomic E-state index is 10.3. The molecule has 0 aromatic heterocycles. The van der Waals surface area contributed by atoms with Gasteiger partial charge in [-0.2, -0.15) is 0 Å². The molecule has 2 nitrogen and oxygen atoms in total. The molecule has 4 aliphatic carbocycles. The van der Waals surface area contributed by atoms with Gasteiger partial charge in [0, 0.05) is 7.11 Å². The van der Waals surface area contributed by atoms with Gasteiger partial charge in [0.25, 0.3) is 0 Å². The molecular formula is C28H48O2. The maximum absolute atomic E-state index is 10.3. The molecule has 0 bridgehead atoms. The van der Waals surface area contributed by atoms with E-state index in [1.165, 1.54) is 50.5 Å². The fraction of sp³-hybridized carbons (Fsp3) is 0.929. The lowest BCUT2D eigenvalue weighted by Gasteiger charge is -2.60. The standard InChI is InChI=1S/C28H48O2/c1-18(2)8-7-9-19(3)22-10-11-23-26-24(13-15-28(22,23)5)27(4)14-12-21(29)16-20(27)17-25(26)30-6/h17-19,21-26,29H,7-16H2,1-6H3/t19-,21+,22+,23-,24-,25-,26-,27+,28+/m1/s1. The Kier molecular flexibility index (Phi) is 6.50. The predicted octanol–water partition coefficient (Wildman–Crippen LogP) is 7.01. The highest BCUT2D eigenvalue weighted by atomic mass is 16.5. The average molecular weight is 417 g/mol. The zero-order valence-corrected chi connectivity index (χ0v) is 20.6. The number of aliphatic hydroxyl groups is 1. The second-order valence-corrected chi connectivity index (χ2v) is 12.5. The molecule has 0 aliphatic heterocycles. The van der Waals surface area contributed by atoms with Gasteiger partial charge in [-0.15, -0.1) is 0 Å². The fourth-order valence-electron chi connectivity index (χ4n) is 8.85. The van der Waals surface area contributed by atoms with Crippen LogP contribution in [0, 0.1) is 46.3 Å².